The van der Waals surface area contributed by atoms with E-state index in [2.05, 4.69) is 23.8 Å². The van der Waals surface area contributed by atoms with Crippen LogP contribution < -0.4 is 5.73 Å². The summed E-state index contributed by atoms with van der Waals surface area (Å²) in [5, 5.41) is 0.935. The van der Waals surface area contributed by atoms with E-state index in [-0.39, 0.29) is 0 Å². The van der Waals surface area contributed by atoms with Gasteiger partial charge in [0.25, 0.3) is 0 Å². The summed E-state index contributed by atoms with van der Waals surface area (Å²) in [7, 11) is 1.96. The first kappa shape index (κ1) is 9.96. The highest BCUT2D eigenvalue weighted by Gasteiger charge is 2.08. The maximum atomic E-state index is 5.88. The lowest BCUT2D eigenvalue weighted by Gasteiger charge is -2.04. The van der Waals surface area contributed by atoms with Crippen molar-refractivity contribution in [2.45, 2.75) is 20.3 Å². The minimum atomic E-state index is 0.547. The Kier molecular flexibility index (Phi) is 2.34. The highest BCUT2D eigenvalue weighted by molar-refractivity contribution is 5.87. The molecule has 15 heavy (non-hydrogen) atoms. The second-order valence-corrected chi connectivity index (χ2v) is 4.35. The van der Waals surface area contributed by atoms with Crippen molar-refractivity contribution in [1.82, 2.24) is 14.5 Å². The van der Waals surface area contributed by atoms with Crippen LogP contribution >= 0.6 is 0 Å². The van der Waals surface area contributed by atoms with Gasteiger partial charge in [0, 0.05) is 25.9 Å². The van der Waals surface area contributed by atoms with Crippen LogP contribution in [0.3, 0.4) is 0 Å². The van der Waals surface area contributed by atoms with Crippen molar-refractivity contribution in [3.8, 4) is 0 Å². The molecule has 0 aliphatic heterocycles. The van der Waals surface area contributed by atoms with Crippen molar-refractivity contribution in [1.29, 1.82) is 0 Å². The Balaban J connectivity index is 2.51. The first-order chi connectivity index (χ1) is 7.06. The largest absolute Gasteiger partial charge is 0.383 e. The number of hydrogen-bond donors (Lipinski definition) is 1. The fourth-order valence-electron chi connectivity index (χ4n) is 1.68. The van der Waals surface area contributed by atoms with Gasteiger partial charge in [0.2, 0.25) is 0 Å². The van der Waals surface area contributed by atoms with Gasteiger partial charge in [-0.2, -0.15) is 0 Å². The molecule has 2 aromatic rings. The molecule has 0 aromatic carbocycles. The molecule has 4 nitrogen and oxygen atoms in total. The third-order valence-electron chi connectivity index (χ3n) is 2.30. The fraction of sp³-hybridized carbons (Fsp3) is 0.455. The highest BCUT2D eigenvalue weighted by atomic mass is 15.0. The van der Waals surface area contributed by atoms with E-state index in [1.54, 1.807) is 0 Å². The number of rotatable bonds is 2. The van der Waals surface area contributed by atoms with Crippen molar-refractivity contribution in [2.75, 3.05) is 5.73 Å². The molecular weight excluding hydrogens is 188 g/mol. The molecule has 0 spiro atoms. The Morgan fingerprint density at radius 3 is 2.73 bits per heavy atom. The zero-order valence-corrected chi connectivity index (χ0v) is 9.36. The molecule has 0 saturated heterocycles. The van der Waals surface area contributed by atoms with Crippen LogP contribution in [0, 0.1) is 5.92 Å². The third kappa shape index (κ3) is 1.93. The number of nitrogens with zero attached hydrogens (tertiary/aromatic N) is 3. The highest BCUT2D eigenvalue weighted by Crippen LogP contribution is 2.19. The molecule has 0 unspecified atom stereocenters. The summed E-state index contributed by atoms with van der Waals surface area (Å²) in [5.41, 5.74) is 6.81. The maximum Gasteiger partial charge on any atom is 0.136 e. The summed E-state index contributed by atoms with van der Waals surface area (Å²) in [6.45, 7) is 4.30. The molecule has 0 fully saturated rings. The molecule has 2 aromatic heterocycles. The van der Waals surface area contributed by atoms with E-state index in [1.807, 2.05) is 24.0 Å². The summed E-state index contributed by atoms with van der Waals surface area (Å²) in [6.07, 6.45) is 4.79. The van der Waals surface area contributed by atoms with Gasteiger partial charge < -0.3 is 10.3 Å². The van der Waals surface area contributed by atoms with Crippen LogP contribution in [0.25, 0.3) is 10.9 Å². The number of aryl methyl sites for hydroxylation is 1. The zero-order valence-electron chi connectivity index (χ0n) is 9.36. The van der Waals surface area contributed by atoms with Crippen molar-refractivity contribution in [3.63, 3.8) is 0 Å². The summed E-state index contributed by atoms with van der Waals surface area (Å²) in [5.74, 6) is 1.96. The molecule has 4 heteroatoms. The standard InChI is InChI=1S/C11H16N4/c1-7(2)4-10-13-9-6-15(3)5-8(9)11(12)14-10/h5-7H,4H2,1-3H3,(H2,12,13,14). The summed E-state index contributed by atoms with van der Waals surface area (Å²) >= 11 is 0. The zero-order chi connectivity index (χ0) is 11.0. The van der Waals surface area contributed by atoms with Crippen molar-refractivity contribution in [3.05, 3.63) is 18.2 Å². The van der Waals surface area contributed by atoms with Gasteiger partial charge in [-0.1, -0.05) is 13.8 Å². The minimum absolute atomic E-state index is 0.547. The molecule has 2 heterocycles. The lowest BCUT2D eigenvalue weighted by Crippen LogP contribution is -2.03. The topological polar surface area (TPSA) is 56.7 Å². The van der Waals surface area contributed by atoms with Crippen LogP contribution in [0.2, 0.25) is 0 Å². The monoisotopic (exact) mass is 204 g/mol. The average molecular weight is 204 g/mol. The summed E-state index contributed by atoms with van der Waals surface area (Å²) < 4.78 is 1.95. The lowest BCUT2D eigenvalue weighted by molar-refractivity contribution is 0.623. The number of nitrogens with two attached hydrogens (primary N) is 1. The van der Waals surface area contributed by atoms with Gasteiger partial charge in [0.1, 0.15) is 11.6 Å². The van der Waals surface area contributed by atoms with Gasteiger partial charge in [-0.25, -0.2) is 9.97 Å². The van der Waals surface area contributed by atoms with Crippen LogP contribution in [0.4, 0.5) is 5.82 Å². The van der Waals surface area contributed by atoms with E-state index in [4.69, 9.17) is 5.73 Å². The van der Waals surface area contributed by atoms with Crippen LogP contribution in [0.1, 0.15) is 19.7 Å². The molecule has 0 amide bonds. The van der Waals surface area contributed by atoms with Gasteiger partial charge in [0.05, 0.1) is 10.9 Å². The Labute approximate surface area is 89.1 Å². The van der Waals surface area contributed by atoms with Crippen molar-refractivity contribution >= 4 is 16.7 Å². The van der Waals surface area contributed by atoms with Gasteiger partial charge in [-0.05, 0) is 5.92 Å². The van der Waals surface area contributed by atoms with Crippen LogP contribution in [0.5, 0.6) is 0 Å². The SMILES string of the molecule is CC(C)Cc1nc(N)c2cn(C)cc2n1. The molecule has 2 rings (SSSR count). The Bertz CT molecular complexity index is 485. The van der Waals surface area contributed by atoms with Gasteiger partial charge in [0.15, 0.2) is 0 Å². The molecule has 80 valence electrons. The Hall–Kier alpha value is -1.58. The van der Waals surface area contributed by atoms with Gasteiger partial charge >= 0.3 is 0 Å². The average Bonchev–Trinajstić information content (AvgIpc) is 2.44. The number of fused-ring (bicyclic) bond motifs is 1. The quantitative estimate of drug-likeness (QED) is 0.810. The lowest BCUT2D eigenvalue weighted by atomic mass is 10.1. The normalized spacial score (nSPS) is 11.5. The molecule has 0 aliphatic carbocycles. The van der Waals surface area contributed by atoms with Crippen molar-refractivity contribution in [2.24, 2.45) is 13.0 Å². The minimum Gasteiger partial charge on any atom is -0.383 e. The van der Waals surface area contributed by atoms with Crippen LogP contribution in [-0.2, 0) is 13.5 Å². The second-order valence-electron chi connectivity index (χ2n) is 4.35. The number of anilines is 1. The number of hydrogen-bond acceptors (Lipinski definition) is 3. The van der Waals surface area contributed by atoms with Crippen LogP contribution in [-0.4, -0.2) is 14.5 Å². The smallest absolute Gasteiger partial charge is 0.136 e. The summed E-state index contributed by atoms with van der Waals surface area (Å²) in [6, 6.07) is 0. The van der Waals surface area contributed by atoms with E-state index < -0.39 is 0 Å². The first-order valence-electron chi connectivity index (χ1n) is 5.14. The van der Waals surface area contributed by atoms with E-state index in [0.29, 0.717) is 11.7 Å². The fourth-order valence-corrected chi connectivity index (χ4v) is 1.68. The van der Waals surface area contributed by atoms with E-state index in [9.17, 15) is 0 Å². The number of aromatic nitrogens is 3. The predicted molar refractivity (Wildman–Crippen MR) is 61.5 cm³/mol. The van der Waals surface area contributed by atoms with E-state index in [0.717, 1.165) is 23.1 Å². The summed E-state index contributed by atoms with van der Waals surface area (Å²) in [4.78, 5) is 8.79. The first-order valence-corrected chi connectivity index (χ1v) is 5.14. The van der Waals surface area contributed by atoms with Crippen molar-refractivity contribution < 1.29 is 0 Å². The molecule has 2 N–H and O–H groups in total. The predicted octanol–water partition coefficient (Wildman–Crippen LogP) is 1.75. The molecule has 0 saturated carbocycles. The number of nitrogen functional groups attached to an aromatic ring is 1. The molecule has 0 radical (unpaired) electrons. The second kappa shape index (κ2) is 3.53. The third-order valence-corrected chi connectivity index (χ3v) is 2.30. The van der Waals surface area contributed by atoms with E-state index in [1.165, 1.54) is 0 Å². The molecule has 0 bridgehead atoms. The van der Waals surface area contributed by atoms with Gasteiger partial charge in [-0.3, -0.25) is 0 Å². The van der Waals surface area contributed by atoms with Crippen LogP contribution in [0.15, 0.2) is 12.4 Å². The maximum absolute atomic E-state index is 5.88. The molecular formula is C11H16N4. The molecule has 0 atom stereocenters. The molecule has 0 aliphatic rings. The van der Waals surface area contributed by atoms with Gasteiger partial charge in [-0.15, -0.1) is 0 Å². The Morgan fingerprint density at radius 1 is 1.33 bits per heavy atom. The Morgan fingerprint density at radius 2 is 2.07 bits per heavy atom. The van der Waals surface area contributed by atoms with E-state index >= 15 is 0 Å².